The minimum Gasteiger partial charge on any atom is -0.480 e. The normalized spacial score (nSPS) is 12.3. The minimum atomic E-state index is -4.08. The van der Waals surface area contributed by atoms with E-state index in [0.717, 1.165) is 0 Å². The number of carbonyl (C=O) groups is 2. The number of ether oxygens (including phenoxy) is 1. The molecule has 0 aliphatic carbocycles. The number of rotatable bonds is 9. The van der Waals surface area contributed by atoms with Crippen LogP contribution in [0.25, 0.3) is 0 Å². The van der Waals surface area contributed by atoms with Gasteiger partial charge in [-0.15, -0.1) is 0 Å². The van der Waals surface area contributed by atoms with Crippen molar-refractivity contribution in [3.05, 3.63) is 65.7 Å². The molecule has 27 heavy (non-hydrogen) atoms. The summed E-state index contributed by atoms with van der Waals surface area (Å²) < 4.78 is 32.3. The lowest BCUT2D eigenvalue weighted by Crippen LogP contribution is -2.42. The molecule has 2 aromatic rings. The molecule has 0 radical (unpaired) electrons. The Labute approximate surface area is 158 Å². The van der Waals surface area contributed by atoms with Crippen molar-refractivity contribution in [1.29, 1.82) is 0 Å². The minimum absolute atomic E-state index is 0.0118. The van der Waals surface area contributed by atoms with E-state index < -0.39 is 28.0 Å². The maximum atomic E-state index is 12.6. The number of benzene rings is 2. The van der Waals surface area contributed by atoms with Crippen LogP contribution in [0.3, 0.4) is 0 Å². The molecule has 0 saturated heterocycles. The van der Waals surface area contributed by atoms with Crippen LogP contribution >= 0.6 is 0 Å². The van der Waals surface area contributed by atoms with E-state index in [4.69, 9.17) is 4.74 Å². The molecule has 0 unspecified atom stereocenters. The summed E-state index contributed by atoms with van der Waals surface area (Å²) in [5, 5.41) is 9.39. The first-order valence-electron chi connectivity index (χ1n) is 8.35. The summed E-state index contributed by atoms with van der Waals surface area (Å²) >= 11 is 0. The topological polar surface area (TPSA) is 110 Å². The molecule has 0 spiro atoms. The van der Waals surface area contributed by atoms with E-state index in [9.17, 15) is 23.1 Å². The number of esters is 1. The predicted molar refractivity (Wildman–Crippen MR) is 98.7 cm³/mol. The van der Waals surface area contributed by atoms with Crippen molar-refractivity contribution in [3.8, 4) is 0 Å². The third-order valence-electron chi connectivity index (χ3n) is 3.74. The molecule has 0 amide bonds. The van der Waals surface area contributed by atoms with Crippen LogP contribution in [0, 0.1) is 0 Å². The van der Waals surface area contributed by atoms with Gasteiger partial charge in [-0.05, 0) is 36.6 Å². The Morgan fingerprint density at radius 2 is 1.74 bits per heavy atom. The SMILES string of the molecule is CCOC(=O)Cc1cccc(S(=O)(=O)N[C@H](Cc2ccccc2)C(=O)O)c1. The predicted octanol–water partition coefficient (Wildman–Crippen LogP) is 1.77. The molecule has 7 nitrogen and oxygen atoms in total. The first-order chi connectivity index (χ1) is 12.8. The zero-order valence-corrected chi connectivity index (χ0v) is 15.6. The van der Waals surface area contributed by atoms with E-state index in [1.807, 2.05) is 0 Å². The third-order valence-corrected chi connectivity index (χ3v) is 5.21. The van der Waals surface area contributed by atoms with Gasteiger partial charge in [0.25, 0.3) is 0 Å². The Morgan fingerprint density at radius 1 is 1.07 bits per heavy atom. The number of aliphatic carboxylic acids is 1. The van der Waals surface area contributed by atoms with Crippen LogP contribution < -0.4 is 4.72 Å². The zero-order valence-electron chi connectivity index (χ0n) is 14.8. The second-order valence-electron chi connectivity index (χ2n) is 5.83. The fourth-order valence-corrected chi connectivity index (χ4v) is 3.74. The first-order valence-corrected chi connectivity index (χ1v) is 9.83. The van der Waals surface area contributed by atoms with E-state index in [1.54, 1.807) is 43.3 Å². The molecule has 0 aliphatic rings. The van der Waals surface area contributed by atoms with Crippen molar-refractivity contribution < 1.29 is 27.9 Å². The number of carboxylic acid groups (broad SMARTS) is 1. The summed E-state index contributed by atoms with van der Waals surface area (Å²) in [5.41, 5.74) is 1.16. The van der Waals surface area contributed by atoms with Crippen LogP contribution in [0.15, 0.2) is 59.5 Å². The molecule has 8 heteroatoms. The molecule has 144 valence electrons. The van der Waals surface area contributed by atoms with Gasteiger partial charge in [0.2, 0.25) is 10.0 Å². The molecular formula is C19H21NO6S. The van der Waals surface area contributed by atoms with Gasteiger partial charge in [-0.1, -0.05) is 42.5 Å². The van der Waals surface area contributed by atoms with Gasteiger partial charge in [0.1, 0.15) is 6.04 Å². The largest absolute Gasteiger partial charge is 0.480 e. The maximum absolute atomic E-state index is 12.6. The van der Waals surface area contributed by atoms with Crippen molar-refractivity contribution >= 4 is 22.0 Å². The van der Waals surface area contributed by atoms with Crippen LogP contribution in [0.2, 0.25) is 0 Å². The second kappa shape index (κ2) is 9.29. The van der Waals surface area contributed by atoms with Gasteiger partial charge >= 0.3 is 11.9 Å². The highest BCUT2D eigenvalue weighted by Crippen LogP contribution is 2.14. The highest BCUT2D eigenvalue weighted by Gasteiger charge is 2.26. The van der Waals surface area contributed by atoms with E-state index in [1.165, 1.54) is 18.2 Å². The molecule has 2 N–H and O–H groups in total. The van der Waals surface area contributed by atoms with E-state index in [-0.39, 0.29) is 24.3 Å². The molecule has 2 aromatic carbocycles. The lowest BCUT2D eigenvalue weighted by atomic mass is 10.1. The highest BCUT2D eigenvalue weighted by atomic mass is 32.2. The maximum Gasteiger partial charge on any atom is 0.322 e. The standard InChI is InChI=1S/C19H21NO6S/c1-2-26-18(21)13-15-9-6-10-16(11-15)27(24,25)20-17(19(22)23)12-14-7-4-3-5-8-14/h3-11,17,20H,2,12-13H2,1H3,(H,22,23)/t17-/m1/s1. The average Bonchev–Trinajstić information content (AvgIpc) is 2.62. The zero-order chi connectivity index (χ0) is 19.9. The average molecular weight is 391 g/mol. The Kier molecular flexibility index (Phi) is 7.09. The van der Waals surface area contributed by atoms with Crippen LogP contribution in [-0.2, 0) is 37.2 Å². The summed E-state index contributed by atoms with van der Waals surface area (Å²) in [6.07, 6.45) is -0.0541. The molecule has 1 atom stereocenters. The van der Waals surface area contributed by atoms with Gasteiger partial charge in [0.05, 0.1) is 17.9 Å². The van der Waals surface area contributed by atoms with Crippen molar-refractivity contribution in [2.24, 2.45) is 0 Å². The number of hydrogen-bond acceptors (Lipinski definition) is 5. The molecule has 0 aromatic heterocycles. The van der Waals surface area contributed by atoms with Gasteiger partial charge in [-0.25, -0.2) is 8.42 Å². The highest BCUT2D eigenvalue weighted by molar-refractivity contribution is 7.89. The van der Waals surface area contributed by atoms with Crippen molar-refractivity contribution in [2.45, 2.75) is 30.7 Å². The van der Waals surface area contributed by atoms with Crippen LogP contribution in [-0.4, -0.2) is 38.1 Å². The molecule has 0 fully saturated rings. The second-order valence-corrected chi connectivity index (χ2v) is 7.55. The van der Waals surface area contributed by atoms with Crippen molar-refractivity contribution in [2.75, 3.05) is 6.61 Å². The number of carbonyl (C=O) groups excluding carboxylic acids is 1. The third kappa shape index (κ3) is 6.19. The summed E-state index contributed by atoms with van der Waals surface area (Å²) in [7, 11) is -4.08. The van der Waals surface area contributed by atoms with E-state index >= 15 is 0 Å². The quantitative estimate of drug-likeness (QED) is 0.631. The Bertz CT molecular complexity index is 895. The van der Waals surface area contributed by atoms with Crippen LogP contribution in [0.5, 0.6) is 0 Å². The lowest BCUT2D eigenvalue weighted by Gasteiger charge is -2.15. The molecule has 0 bridgehead atoms. The molecule has 0 saturated carbocycles. The van der Waals surface area contributed by atoms with Gasteiger partial charge in [-0.2, -0.15) is 4.72 Å². The number of sulfonamides is 1. The van der Waals surface area contributed by atoms with Gasteiger partial charge in [0, 0.05) is 0 Å². The number of carboxylic acids is 1. The van der Waals surface area contributed by atoms with E-state index in [0.29, 0.717) is 11.1 Å². The van der Waals surface area contributed by atoms with Crippen molar-refractivity contribution in [1.82, 2.24) is 4.72 Å². The molecular weight excluding hydrogens is 370 g/mol. The summed E-state index contributed by atoms with van der Waals surface area (Å²) in [5.74, 6) is -1.74. The monoisotopic (exact) mass is 391 g/mol. The smallest absolute Gasteiger partial charge is 0.322 e. The Balaban J connectivity index is 2.18. The summed E-state index contributed by atoms with van der Waals surface area (Å²) in [6, 6.07) is 13.2. The van der Waals surface area contributed by atoms with Crippen molar-refractivity contribution in [3.63, 3.8) is 0 Å². The Morgan fingerprint density at radius 3 is 2.37 bits per heavy atom. The summed E-state index contributed by atoms with van der Waals surface area (Å²) in [4.78, 5) is 23.0. The van der Waals surface area contributed by atoms with Gasteiger partial charge in [0.15, 0.2) is 0 Å². The fraction of sp³-hybridized carbons (Fsp3) is 0.263. The number of nitrogens with one attached hydrogen (secondary N) is 1. The lowest BCUT2D eigenvalue weighted by molar-refractivity contribution is -0.142. The van der Waals surface area contributed by atoms with Gasteiger partial charge in [-0.3, -0.25) is 9.59 Å². The first kappa shape index (κ1) is 20.6. The van der Waals surface area contributed by atoms with Gasteiger partial charge < -0.3 is 9.84 Å². The molecule has 0 heterocycles. The Hall–Kier alpha value is -2.71. The van der Waals surface area contributed by atoms with Crippen LogP contribution in [0.1, 0.15) is 18.1 Å². The summed E-state index contributed by atoms with van der Waals surface area (Å²) in [6.45, 7) is 1.92. The molecule has 2 rings (SSSR count). The fourth-order valence-electron chi connectivity index (χ4n) is 2.49. The number of hydrogen-bond donors (Lipinski definition) is 2. The van der Waals surface area contributed by atoms with E-state index in [2.05, 4.69) is 4.72 Å². The van der Waals surface area contributed by atoms with Crippen LogP contribution in [0.4, 0.5) is 0 Å². The molecule has 0 aliphatic heterocycles.